The maximum Gasteiger partial charge on any atom is 0.387 e. The van der Waals surface area contributed by atoms with Crippen LogP contribution in [0.1, 0.15) is 31.7 Å². The Morgan fingerprint density at radius 2 is 1.88 bits per heavy atom. The zero-order chi connectivity index (χ0) is 18.7. The number of hydrogen-bond donors (Lipinski definition) is 2. The van der Waals surface area contributed by atoms with Crippen LogP contribution in [0.15, 0.2) is 17.2 Å². The van der Waals surface area contributed by atoms with Crippen LogP contribution in [0.5, 0.6) is 17.2 Å². The maximum atomic E-state index is 12.5. The minimum absolute atomic E-state index is 0.112. The molecule has 140 valence electrons. The van der Waals surface area contributed by atoms with Crippen molar-refractivity contribution in [2.45, 2.75) is 32.8 Å². The fourth-order valence-electron chi connectivity index (χ4n) is 1.96. The summed E-state index contributed by atoms with van der Waals surface area (Å²) in [5.74, 6) is 0.0564. The summed E-state index contributed by atoms with van der Waals surface area (Å²) in [6.07, 6.45) is 4.76. The summed E-state index contributed by atoms with van der Waals surface area (Å²) in [7, 11) is 2.70. The molecule has 0 aliphatic carbocycles. The molecule has 1 rings (SSSR count). The molecule has 0 atom stereocenters. The van der Waals surface area contributed by atoms with Gasteiger partial charge in [-0.2, -0.15) is 13.9 Å². The van der Waals surface area contributed by atoms with Crippen LogP contribution in [0.2, 0.25) is 0 Å². The molecule has 9 heteroatoms. The summed E-state index contributed by atoms with van der Waals surface area (Å²) >= 11 is 5.10. The second-order valence-corrected chi connectivity index (χ2v) is 5.37. The van der Waals surface area contributed by atoms with Gasteiger partial charge in [-0.25, -0.2) is 0 Å². The van der Waals surface area contributed by atoms with Gasteiger partial charge < -0.3 is 19.5 Å². The second kappa shape index (κ2) is 11.4. The molecule has 0 amide bonds. The molecule has 2 N–H and O–H groups in total. The minimum Gasteiger partial charge on any atom is -0.493 e. The van der Waals surface area contributed by atoms with Crippen LogP contribution < -0.4 is 25.0 Å². The van der Waals surface area contributed by atoms with Crippen LogP contribution in [-0.2, 0) is 0 Å². The summed E-state index contributed by atoms with van der Waals surface area (Å²) in [6.45, 7) is -0.0856. The average molecular weight is 375 g/mol. The van der Waals surface area contributed by atoms with E-state index >= 15 is 0 Å². The first-order chi connectivity index (χ1) is 12.0. The predicted octanol–water partition coefficient (Wildman–Crippen LogP) is 3.29. The fraction of sp³-hybridized carbons (Fsp3) is 0.500. The number of nitrogens with one attached hydrogen (secondary N) is 2. The lowest BCUT2D eigenvalue weighted by Crippen LogP contribution is -2.32. The van der Waals surface area contributed by atoms with E-state index < -0.39 is 6.61 Å². The van der Waals surface area contributed by atoms with Crippen LogP contribution in [0.3, 0.4) is 0 Å². The topological polar surface area (TPSA) is 64.1 Å². The van der Waals surface area contributed by atoms with Crippen LogP contribution in [0.25, 0.3) is 0 Å². The van der Waals surface area contributed by atoms with Crippen LogP contribution >= 0.6 is 12.2 Å². The lowest BCUT2D eigenvalue weighted by atomic mass is 10.2. The van der Waals surface area contributed by atoms with Crippen LogP contribution in [0.4, 0.5) is 8.78 Å². The Bertz CT molecular complexity index is 561. The molecule has 0 bridgehead atoms. The Labute approximate surface area is 151 Å². The normalized spacial score (nSPS) is 10.8. The van der Waals surface area contributed by atoms with Gasteiger partial charge in [0.15, 0.2) is 16.6 Å². The molecule has 1 aromatic rings. The Kier molecular flexibility index (Phi) is 9.53. The van der Waals surface area contributed by atoms with Crippen molar-refractivity contribution in [3.8, 4) is 17.2 Å². The zero-order valence-electron chi connectivity index (χ0n) is 14.5. The van der Waals surface area contributed by atoms with E-state index in [1.165, 1.54) is 32.6 Å². The molecule has 0 saturated heterocycles. The van der Waals surface area contributed by atoms with E-state index in [-0.39, 0.29) is 17.2 Å². The molecule has 6 nitrogen and oxygen atoms in total. The van der Waals surface area contributed by atoms with Gasteiger partial charge in [-0.1, -0.05) is 19.8 Å². The lowest BCUT2D eigenvalue weighted by Gasteiger charge is -2.14. The van der Waals surface area contributed by atoms with Crippen LogP contribution in [-0.4, -0.2) is 38.7 Å². The predicted molar refractivity (Wildman–Crippen MR) is 97.0 cm³/mol. The molecule has 0 unspecified atom stereocenters. The minimum atomic E-state index is -2.99. The van der Waals surface area contributed by atoms with Crippen LogP contribution in [0, 0.1) is 0 Å². The highest BCUT2D eigenvalue weighted by Crippen LogP contribution is 2.39. The molecule has 0 radical (unpaired) electrons. The smallest absolute Gasteiger partial charge is 0.387 e. The standard InChI is InChI=1S/C16H23F2N3O3S/c1-4-5-6-7-19-16(25)21-20-10-11-8-12(22-2)14(24-15(17)18)13(9-11)23-3/h8-10,15H,4-7H2,1-3H3,(H2,19,21,25)/b20-10-. The first-order valence-electron chi connectivity index (χ1n) is 7.79. The van der Waals surface area contributed by atoms with Crippen molar-refractivity contribution in [2.75, 3.05) is 20.8 Å². The van der Waals surface area contributed by atoms with Crippen molar-refractivity contribution in [3.05, 3.63) is 17.7 Å². The van der Waals surface area contributed by atoms with E-state index in [1.54, 1.807) is 0 Å². The van der Waals surface area contributed by atoms with Gasteiger partial charge in [-0.3, -0.25) is 5.43 Å². The molecule has 0 fully saturated rings. The van der Waals surface area contributed by atoms with E-state index in [0.29, 0.717) is 10.7 Å². The number of unbranched alkanes of at least 4 members (excludes halogenated alkanes) is 2. The molecule has 0 aliphatic rings. The Hall–Kier alpha value is -2.16. The number of ether oxygens (including phenoxy) is 3. The summed E-state index contributed by atoms with van der Waals surface area (Å²) < 4.78 is 39.6. The van der Waals surface area contributed by atoms with Crippen molar-refractivity contribution in [2.24, 2.45) is 5.10 Å². The second-order valence-electron chi connectivity index (χ2n) is 4.97. The SMILES string of the molecule is CCCCCNC(=S)N/N=C\c1cc(OC)c(OC(F)F)c(OC)c1. The molecule has 0 heterocycles. The number of alkyl halides is 2. The zero-order valence-corrected chi connectivity index (χ0v) is 15.3. The third-order valence-electron chi connectivity index (χ3n) is 3.14. The fourth-order valence-corrected chi connectivity index (χ4v) is 2.12. The number of rotatable bonds is 10. The third kappa shape index (κ3) is 7.51. The van der Waals surface area contributed by atoms with E-state index in [4.69, 9.17) is 21.7 Å². The molecule has 1 aromatic carbocycles. The van der Waals surface area contributed by atoms with Crippen molar-refractivity contribution in [3.63, 3.8) is 0 Å². The highest BCUT2D eigenvalue weighted by molar-refractivity contribution is 7.80. The number of thiocarbonyl (C=S) groups is 1. The molecule has 0 spiro atoms. The number of nitrogens with zero attached hydrogens (tertiary/aromatic N) is 1. The summed E-state index contributed by atoms with van der Waals surface area (Å²) in [6, 6.07) is 3.01. The molecule has 25 heavy (non-hydrogen) atoms. The monoisotopic (exact) mass is 375 g/mol. The number of hydrogen-bond acceptors (Lipinski definition) is 5. The van der Waals surface area contributed by atoms with Gasteiger partial charge in [0, 0.05) is 12.1 Å². The molecule has 0 saturated carbocycles. The van der Waals surface area contributed by atoms with Crippen molar-refractivity contribution >= 4 is 23.5 Å². The average Bonchev–Trinajstić information content (AvgIpc) is 2.59. The lowest BCUT2D eigenvalue weighted by molar-refractivity contribution is -0.0526. The largest absolute Gasteiger partial charge is 0.493 e. The first kappa shape index (κ1) is 20.9. The summed E-state index contributed by atoms with van der Waals surface area (Å²) in [5.41, 5.74) is 3.25. The van der Waals surface area contributed by atoms with Gasteiger partial charge in [0.1, 0.15) is 0 Å². The molecule has 0 aliphatic heterocycles. The van der Waals surface area contributed by atoms with Gasteiger partial charge in [0.05, 0.1) is 20.4 Å². The number of methoxy groups -OCH3 is 2. The van der Waals surface area contributed by atoms with E-state index in [1.807, 2.05) is 0 Å². The van der Waals surface area contributed by atoms with E-state index in [2.05, 4.69) is 27.5 Å². The highest BCUT2D eigenvalue weighted by atomic mass is 32.1. The van der Waals surface area contributed by atoms with Crippen molar-refractivity contribution < 1.29 is 23.0 Å². The molecule has 0 aromatic heterocycles. The van der Waals surface area contributed by atoms with E-state index in [9.17, 15) is 8.78 Å². The number of halogens is 2. The Morgan fingerprint density at radius 3 is 2.40 bits per heavy atom. The number of hydrazone groups is 1. The highest BCUT2D eigenvalue weighted by Gasteiger charge is 2.17. The van der Waals surface area contributed by atoms with Gasteiger partial charge in [-0.15, -0.1) is 0 Å². The van der Waals surface area contributed by atoms with Gasteiger partial charge >= 0.3 is 6.61 Å². The van der Waals surface area contributed by atoms with Crippen molar-refractivity contribution in [1.82, 2.24) is 10.7 Å². The quantitative estimate of drug-likeness (QED) is 0.283. The summed E-state index contributed by atoms with van der Waals surface area (Å²) in [5, 5.41) is 7.44. The summed E-state index contributed by atoms with van der Waals surface area (Å²) in [4.78, 5) is 0. The maximum absolute atomic E-state index is 12.5. The third-order valence-corrected chi connectivity index (χ3v) is 3.37. The molecular weight excluding hydrogens is 352 g/mol. The van der Waals surface area contributed by atoms with Gasteiger partial charge in [0.2, 0.25) is 5.75 Å². The molecular formula is C16H23F2N3O3S. The first-order valence-corrected chi connectivity index (χ1v) is 8.20. The number of benzene rings is 1. The Balaban J connectivity index is 2.73. The van der Waals surface area contributed by atoms with Gasteiger partial charge in [-0.05, 0) is 30.8 Å². The van der Waals surface area contributed by atoms with Crippen molar-refractivity contribution in [1.29, 1.82) is 0 Å². The Morgan fingerprint density at radius 1 is 1.24 bits per heavy atom. The van der Waals surface area contributed by atoms with Gasteiger partial charge in [0.25, 0.3) is 0 Å². The van der Waals surface area contributed by atoms with E-state index in [0.717, 1.165) is 25.8 Å².